The Kier molecular flexibility index (Phi) is 5.89. The van der Waals surface area contributed by atoms with Gasteiger partial charge in [0.25, 0.3) is 5.91 Å². The fraction of sp³-hybridized carbons (Fsp3) is 0.190. The zero-order valence-corrected chi connectivity index (χ0v) is 17.5. The summed E-state index contributed by atoms with van der Waals surface area (Å²) in [7, 11) is 0. The Hall–Kier alpha value is -3.79. The number of benzene rings is 1. The van der Waals surface area contributed by atoms with Gasteiger partial charge in [0, 0.05) is 29.0 Å². The molecule has 4 aromatic rings. The van der Waals surface area contributed by atoms with Gasteiger partial charge < -0.3 is 15.7 Å². The lowest BCUT2D eigenvalue weighted by Crippen LogP contribution is -2.40. The number of hydrogen-bond acceptors (Lipinski definition) is 7. The van der Waals surface area contributed by atoms with Gasteiger partial charge in [-0.15, -0.1) is 21.5 Å². The molecular formula is C21H20N6O3S. The van der Waals surface area contributed by atoms with Crippen LogP contribution in [0.3, 0.4) is 0 Å². The van der Waals surface area contributed by atoms with E-state index in [4.69, 9.17) is 0 Å². The molecule has 4 rings (SSSR count). The molecule has 158 valence electrons. The minimum Gasteiger partial charge on any atom is -0.480 e. The van der Waals surface area contributed by atoms with Crippen LogP contribution < -0.4 is 10.6 Å². The summed E-state index contributed by atoms with van der Waals surface area (Å²) >= 11 is 1.51. The Morgan fingerprint density at radius 2 is 2.00 bits per heavy atom. The van der Waals surface area contributed by atoms with E-state index in [-0.39, 0.29) is 5.56 Å². The van der Waals surface area contributed by atoms with Gasteiger partial charge in [-0.3, -0.25) is 9.20 Å². The maximum atomic E-state index is 12.7. The van der Waals surface area contributed by atoms with Crippen molar-refractivity contribution in [3.63, 3.8) is 0 Å². The minimum atomic E-state index is -1.06. The number of amides is 1. The van der Waals surface area contributed by atoms with Crippen LogP contribution in [0.2, 0.25) is 0 Å². The number of aliphatic carboxylic acids is 1. The first-order chi connectivity index (χ1) is 15.1. The first-order valence-corrected chi connectivity index (χ1v) is 10.6. The molecule has 0 saturated heterocycles. The minimum absolute atomic E-state index is 0.269. The fourth-order valence-electron chi connectivity index (χ4n) is 3.18. The normalized spacial score (nSPS) is 11.9. The van der Waals surface area contributed by atoms with Crippen molar-refractivity contribution in [3.8, 4) is 11.4 Å². The van der Waals surface area contributed by atoms with Crippen molar-refractivity contribution in [2.24, 2.45) is 0 Å². The molecule has 0 spiro atoms. The summed E-state index contributed by atoms with van der Waals surface area (Å²) in [6.07, 6.45) is 4.50. The van der Waals surface area contributed by atoms with Crippen molar-refractivity contribution in [1.29, 1.82) is 0 Å². The van der Waals surface area contributed by atoms with E-state index >= 15 is 0 Å². The SMILES string of the molecule is CCC[C@H](NC(=O)c1cccn2c(-c3ccc(Nc4nccs4)cc3)nnc12)C(=O)O. The van der Waals surface area contributed by atoms with Crippen LogP contribution in [0.15, 0.2) is 54.2 Å². The molecule has 1 atom stereocenters. The number of fused-ring (bicyclic) bond motifs is 1. The van der Waals surface area contributed by atoms with E-state index in [2.05, 4.69) is 25.8 Å². The maximum absolute atomic E-state index is 12.7. The van der Waals surface area contributed by atoms with Gasteiger partial charge in [0.05, 0.1) is 5.56 Å². The molecule has 3 heterocycles. The first kappa shape index (κ1) is 20.5. The number of hydrogen-bond donors (Lipinski definition) is 3. The van der Waals surface area contributed by atoms with Gasteiger partial charge in [-0.1, -0.05) is 13.3 Å². The molecule has 3 aromatic heterocycles. The number of thiazole rings is 1. The van der Waals surface area contributed by atoms with E-state index in [1.54, 1.807) is 28.9 Å². The number of aromatic nitrogens is 4. The van der Waals surface area contributed by atoms with Gasteiger partial charge in [0.2, 0.25) is 0 Å². The van der Waals surface area contributed by atoms with Gasteiger partial charge in [0.15, 0.2) is 16.6 Å². The van der Waals surface area contributed by atoms with E-state index in [1.165, 1.54) is 11.3 Å². The molecule has 3 N–H and O–H groups in total. The average molecular weight is 436 g/mol. The highest BCUT2D eigenvalue weighted by Gasteiger charge is 2.22. The zero-order chi connectivity index (χ0) is 21.8. The first-order valence-electron chi connectivity index (χ1n) is 9.71. The summed E-state index contributed by atoms with van der Waals surface area (Å²) < 4.78 is 1.72. The van der Waals surface area contributed by atoms with Crippen LogP contribution in [0.4, 0.5) is 10.8 Å². The predicted octanol–water partition coefficient (Wildman–Crippen LogP) is 3.58. The molecule has 0 aliphatic carbocycles. The molecule has 9 nitrogen and oxygen atoms in total. The van der Waals surface area contributed by atoms with E-state index < -0.39 is 17.9 Å². The molecule has 0 aliphatic rings. The van der Waals surface area contributed by atoms with Gasteiger partial charge in [-0.05, 0) is 42.8 Å². The number of rotatable bonds is 8. The van der Waals surface area contributed by atoms with Crippen molar-refractivity contribution >= 4 is 39.7 Å². The van der Waals surface area contributed by atoms with Gasteiger partial charge in [-0.2, -0.15) is 0 Å². The molecule has 1 amide bonds. The summed E-state index contributed by atoms with van der Waals surface area (Å²) in [6.45, 7) is 1.87. The standard InChI is InChI=1S/C21H20N6O3S/c1-2-4-16(20(29)30)24-19(28)15-5-3-11-27-17(25-26-18(15)27)13-6-8-14(9-7-13)23-21-22-10-12-31-21/h3,5-12,16H,2,4H2,1H3,(H,22,23)(H,24,28)(H,29,30)/t16-/m0/s1. The number of carboxylic acids is 1. The molecular weight excluding hydrogens is 416 g/mol. The zero-order valence-electron chi connectivity index (χ0n) is 16.6. The third kappa shape index (κ3) is 4.38. The van der Waals surface area contributed by atoms with Gasteiger partial charge >= 0.3 is 5.97 Å². The van der Waals surface area contributed by atoms with Crippen LogP contribution in [0.1, 0.15) is 30.1 Å². The van der Waals surface area contributed by atoms with E-state index in [1.807, 2.05) is 36.6 Å². The van der Waals surface area contributed by atoms with Crippen LogP contribution in [0, 0.1) is 0 Å². The van der Waals surface area contributed by atoms with Crippen molar-refractivity contribution in [2.45, 2.75) is 25.8 Å². The second-order valence-corrected chi connectivity index (χ2v) is 7.73. The topological polar surface area (TPSA) is 122 Å². The summed E-state index contributed by atoms with van der Waals surface area (Å²) in [5.74, 6) is -0.974. The van der Waals surface area contributed by atoms with Gasteiger partial charge in [-0.25, -0.2) is 9.78 Å². The number of carbonyl (C=O) groups excluding carboxylic acids is 1. The van der Waals surface area contributed by atoms with Crippen molar-refractivity contribution in [2.75, 3.05) is 5.32 Å². The third-order valence-corrected chi connectivity index (χ3v) is 5.38. The summed E-state index contributed by atoms with van der Waals surface area (Å²) in [5.41, 5.74) is 2.35. The van der Waals surface area contributed by atoms with E-state index in [0.29, 0.717) is 24.3 Å². The van der Waals surface area contributed by atoms with Crippen molar-refractivity contribution < 1.29 is 14.7 Å². The lowest BCUT2D eigenvalue weighted by atomic mass is 10.1. The summed E-state index contributed by atoms with van der Waals surface area (Å²) in [4.78, 5) is 28.3. The number of pyridine rings is 1. The second kappa shape index (κ2) is 8.92. The second-order valence-electron chi connectivity index (χ2n) is 6.83. The molecule has 31 heavy (non-hydrogen) atoms. The lowest BCUT2D eigenvalue weighted by molar-refractivity contribution is -0.139. The number of nitrogens with zero attached hydrogens (tertiary/aromatic N) is 4. The molecule has 10 heteroatoms. The number of carboxylic acid groups (broad SMARTS) is 1. The molecule has 0 unspecified atom stereocenters. The molecule has 1 aromatic carbocycles. The Morgan fingerprint density at radius 1 is 1.19 bits per heavy atom. The molecule has 0 bridgehead atoms. The highest BCUT2D eigenvalue weighted by atomic mass is 32.1. The van der Waals surface area contributed by atoms with Crippen molar-refractivity contribution in [1.82, 2.24) is 24.9 Å². The van der Waals surface area contributed by atoms with E-state index in [0.717, 1.165) is 16.4 Å². The Bertz CT molecular complexity index is 1200. The number of carbonyl (C=O) groups is 2. The average Bonchev–Trinajstić information content (AvgIpc) is 3.43. The van der Waals surface area contributed by atoms with Gasteiger partial charge in [0.1, 0.15) is 6.04 Å². The summed E-state index contributed by atoms with van der Waals surface area (Å²) in [5, 5.41) is 26.2. The van der Waals surface area contributed by atoms with Crippen molar-refractivity contribution in [3.05, 3.63) is 59.7 Å². The number of nitrogens with one attached hydrogen (secondary N) is 2. The maximum Gasteiger partial charge on any atom is 0.326 e. The Balaban J connectivity index is 1.60. The number of anilines is 2. The Morgan fingerprint density at radius 3 is 2.68 bits per heavy atom. The molecule has 0 aliphatic heterocycles. The molecule has 0 radical (unpaired) electrons. The molecule has 0 saturated carbocycles. The van der Waals surface area contributed by atoms with E-state index in [9.17, 15) is 14.7 Å². The smallest absolute Gasteiger partial charge is 0.326 e. The van der Waals surface area contributed by atoms with Crippen LogP contribution in [-0.4, -0.2) is 42.6 Å². The van der Waals surface area contributed by atoms with Crippen LogP contribution in [0.25, 0.3) is 17.0 Å². The monoisotopic (exact) mass is 436 g/mol. The fourth-order valence-corrected chi connectivity index (χ4v) is 3.73. The summed E-state index contributed by atoms with van der Waals surface area (Å²) in [6, 6.07) is 10.0. The molecule has 0 fully saturated rings. The highest BCUT2D eigenvalue weighted by Crippen LogP contribution is 2.24. The van der Waals surface area contributed by atoms with Crippen LogP contribution in [0.5, 0.6) is 0 Å². The largest absolute Gasteiger partial charge is 0.480 e. The highest BCUT2D eigenvalue weighted by molar-refractivity contribution is 7.13. The Labute approximate surface area is 181 Å². The van der Waals surface area contributed by atoms with Crippen LogP contribution in [-0.2, 0) is 4.79 Å². The third-order valence-electron chi connectivity index (χ3n) is 4.69. The predicted molar refractivity (Wildman–Crippen MR) is 118 cm³/mol. The van der Waals surface area contributed by atoms with Crippen LogP contribution >= 0.6 is 11.3 Å². The quantitative estimate of drug-likeness (QED) is 0.386. The lowest BCUT2D eigenvalue weighted by Gasteiger charge is -2.13.